The third-order valence-corrected chi connectivity index (χ3v) is 2.49. The molecular formula is C14H19N3O2. The topological polar surface area (TPSA) is 61.4 Å². The van der Waals surface area contributed by atoms with E-state index in [1.165, 1.54) is 6.92 Å². The minimum Gasteiger partial charge on any atom is -0.337 e. The molecule has 102 valence electrons. The smallest absolute Gasteiger partial charge is 0.319 e. The molecule has 5 nitrogen and oxygen atoms in total. The van der Waals surface area contributed by atoms with Crippen LogP contribution < -0.4 is 10.6 Å². The van der Waals surface area contributed by atoms with Crippen LogP contribution in [0.2, 0.25) is 0 Å². The zero-order valence-electron chi connectivity index (χ0n) is 11.1. The van der Waals surface area contributed by atoms with E-state index in [1.54, 1.807) is 23.1 Å². The molecule has 19 heavy (non-hydrogen) atoms. The second-order valence-electron chi connectivity index (χ2n) is 4.00. The molecule has 3 amide bonds. The van der Waals surface area contributed by atoms with Crippen LogP contribution in [0.15, 0.2) is 43.0 Å². The maximum atomic E-state index is 11.6. The van der Waals surface area contributed by atoms with E-state index in [1.807, 2.05) is 18.2 Å². The fourth-order valence-electron chi connectivity index (χ4n) is 1.53. The first-order valence-corrected chi connectivity index (χ1v) is 6.10. The molecule has 0 spiro atoms. The molecule has 1 aromatic carbocycles. The highest BCUT2D eigenvalue weighted by molar-refractivity contribution is 5.89. The zero-order valence-corrected chi connectivity index (χ0v) is 11.1. The molecule has 0 saturated carbocycles. The summed E-state index contributed by atoms with van der Waals surface area (Å²) < 4.78 is 0. The normalized spacial score (nSPS) is 9.53. The summed E-state index contributed by atoms with van der Waals surface area (Å²) in [5.74, 6) is -0.0369. The van der Waals surface area contributed by atoms with Crippen LogP contribution in [-0.2, 0) is 4.79 Å². The molecule has 1 rings (SSSR count). The summed E-state index contributed by atoms with van der Waals surface area (Å²) in [6, 6.07) is 8.89. The van der Waals surface area contributed by atoms with Gasteiger partial charge >= 0.3 is 6.03 Å². The van der Waals surface area contributed by atoms with Gasteiger partial charge in [-0.3, -0.25) is 4.79 Å². The second-order valence-corrected chi connectivity index (χ2v) is 4.00. The molecule has 0 saturated heterocycles. The van der Waals surface area contributed by atoms with Gasteiger partial charge in [0.05, 0.1) is 0 Å². The van der Waals surface area contributed by atoms with Gasteiger partial charge < -0.3 is 15.5 Å². The molecule has 0 aliphatic heterocycles. The van der Waals surface area contributed by atoms with Crippen LogP contribution >= 0.6 is 0 Å². The zero-order chi connectivity index (χ0) is 14.1. The number of nitrogens with zero attached hydrogens (tertiary/aromatic N) is 1. The maximum absolute atomic E-state index is 11.6. The average molecular weight is 261 g/mol. The first kappa shape index (κ1) is 14.8. The number of nitrogens with one attached hydrogen (secondary N) is 2. The number of urea groups is 1. The number of para-hydroxylation sites is 1. The number of benzene rings is 1. The van der Waals surface area contributed by atoms with Crippen molar-refractivity contribution in [2.45, 2.75) is 6.92 Å². The van der Waals surface area contributed by atoms with E-state index >= 15 is 0 Å². The molecule has 0 radical (unpaired) electrons. The van der Waals surface area contributed by atoms with Gasteiger partial charge in [0, 0.05) is 32.2 Å². The van der Waals surface area contributed by atoms with Gasteiger partial charge in [0.2, 0.25) is 5.91 Å². The van der Waals surface area contributed by atoms with Gasteiger partial charge in [-0.15, -0.1) is 6.58 Å². The van der Waals surface area contributed by atoms with Crippen molar-refractivity contribution >= 4 is 17.6 Å². The monoisotopic (exact) mass is 261 g/mol. The van der Waals surface area contributed by atoms with Crippen LogP contribution in [-0.4, -0.2) is 36.5 Å². The number of rotatable bonds is 6. The number of hydrogen-bond donors (Lipinski definition) is 2. The SMILES string of the molecule is C=CCN(CCNC(=O)Nc1ccccc1)C(C)=O. The van der Waals surface area contributed by atoms with Gasteiger partial charge in [-0.05, 0) is 12.1 Å². The summed E-state index contributed by atoms with van der Waals surface area (Å²) in [5, 5.41) is 5.40. The van der Waals surface area contributed by atoms with Crippen LogP contribution in [0.3, 0.4) is 0 Å². The summed E-state index contributed by atoms with van der Waals surface area (Å²) in [6.45, 7) is 6.42. The summed E-state index contributed by atoms with van der Waals surface area (Å²) in [7, 11) is 0. The van der Waals surface area contributed by atoms with E-state index < -0.39 is 0 Å². The highest BCUT2D eigenvalue weighted by atomic mass is 16.2. The molecule has 1 aromatic rings. The fraction of sp³-hybridized carbons (Fsp3) is 0.286. The van der Waals surface area contributed by atoms with Gasteiger partial charge in [-0.25, -0.2) is 4.79 Å². The quantitative estimate of drug-likeness (QED) is 0.768. The minimum absolute atomic E-state index is 0.0369. The summed E-state index contributed by atoms with van der Waals surface area (Å²) in [4.78, 5) is 24.4. The highest BCUT2D eigenvalue weighted by Gasteiger charge is 2.07. The third-order valence-electron chi connectivity index (χ3n) is 2.49. The van der Waals surface area contributed by atoms with Gasteiger partial charge in [-0.2, -0.15) is 0 Å². The maximum Gasteiger partial charge on any atom is 0.319 e. The van der Waals surface area contributed by atoms with Gasteiger partial charge in [0.1, 0.15) is 0 Å². The Kier molecular flexibility index (Phi) is 6.15. The van der Waals surface area contributed by atoms with E-state index in [0.717, 1.165) is 5.69 Å². The lowest BCUT2D eigenvalue weighted by molar-refractivity contribution is -0.128. The lowest BCUT2D eigenvalue weighted by Crippen LogP contribution is -2.39. The van der Waals surface area contributed by atoms with Crippen LogP contribution in [0.25, 0.3) is 0 Å². The molecule has 0 aromatic heterocycles. The Hall–Kier alpha value is -2.30. The predicted octanol–water partition coefficient (Wildman–Crippen LogP) is 1.84. The Morgan fingerprint density at radius 3 is 2.58 bits per heavy atom. The molecule has 2 N–H and O–H groups in total. The second kappa shape index (κ2) is 7.92. The predicted molar refractivity (Wildman–Crippen MR) is 75.9 cm³/mol. The van der Waals surface area contributed by atoms with E-state index in [2.05, 4.69) is 17.2 Å². The lowest BCUT2D eigenvalue weighted by Gasteiger charge is -2.19. The Morgan fingerprint density at radius 1 is 1.32 bits per heavy atom. The van der Waals surface area contributed by atoms with Crippen molar-refractivity contribution in [2.24, 2.45) is 0 Å². The van der Waals surface area contributed by atoms with Crippen LogP contribution in [0.4, 0.5) is 10.5 Å². The van der Waals surface area contributed by atoms with Crippen LogP contribution in [0.1, 0.15) is 6.92 Å². The number of carbonyl (C=O) groups excluding carboxylic acids is 2. The van der Waals surface area contributed by atoms with Crippen LogP contribution in [0.5, 0.6) is 0 Å². The Labute approximate surface area is 113 Å². The van der Waals surface area contributed by atoms with E-state index in [0.29, 0.717) is 19.6 Å². The van der Waals surface area contributed by atoms with E-state index in [9.17, 15) is 9.59 Å². The summed E-state index contributed by atoms with van der Waals surface area (Å²) in [5.41, 5.74) is 0.731. The van der Waals surface area contributed by atoms with Gasteiger partial charge in [0.25, 0.3) is 0 Å². The molecule has 0 aliphatic carbocycles. The summed E-state index contributed by atoms with van der Waals surface area (Å²) in [6.07, 6.45) is 1.66. The molecule has 0 heterocycles. The molecule has 0 bridgehead atoms. The molecule has 0 unspecified atom stereocenters. The lowest BCUT2D eigenvalue weighted by atomic mass is 10.3. The molecule has 0 aliphatic rings. The number of amides is 3. The van der Waals surface area contributed by atoms with Crippen molar-refractivity contribution in [3.8, 4) is 0 Å². The molecule has 5 heteroatoms. The number of anilines is 1. The van der Waals surface area contributed by atoms with Crippen molar-refractivity contribution in [2.75, 3.05) is 25.0 Å². The molecular weight excluding hydrogens is 242 g/mol. The highest BCUT2D eigenvalue weighted by Crippen LogP contribution is 2.03. The third kappa shape index (κ3) is 5.72. The standard InChI is InChI=1S/C14H19N3O2/c1-3-10-17(12(2)18)11-9-15-14(19)16-13-7-5-4-6-8-13/h3-8H,1,9-11H2,2H3,(H2,15,16,19). The van der Waals surface area contributed by atoms with Crippen LogP contribution in [0, 0.1) is 0 Å². The number of carbonyl (C=O) groups is 2. The van der Waals surface area contributed by atoms with E-state index in [4.69, 9.17) is 0 Å². The Bertz CT molecular complexity index is 432. The Balaban J connectivity index is 2.30. The van der Waals surface area contributed by atoms with Crippen molar-refractivity contribution < 1.29 is 9.59 Å². The van der Waals surface area contributed by atoms with E-state index in [-0.39, 0.29) is 11.9 Å². The first-order chi connectivity index (χ1) is 9.13. The van der Waals surface area contributed by atoms with Crippen molar-refractivity contribution in [3.05, 3.63) is 43.0 Å². The minimum atomic E-state index is -0.284. The first-order valence-electron chi connectivity index (χ1n) is 6.10. The van der Waals surface area contributed by atoms with Gasteiger partial charge in [0.15, 0.2) is 0 Å². The van der Waals surface area contributed by atoms with Gasteiger partial charge in [-0.1, -0.05) is 24.3 Å². The van der Waals surface area contributed by atoms with Crippen molar-refractivity contribution in [1.82, 2.24) is 10.2 Å². The fourth-order valence-corrected chi connectivity index (χ4v) is 1.53. The van der Waals surface area contributed by atoms with Crippen molar-refractivity contribution in [3.63, 3.8) is 0 Å². The molecule has 0 atom stereocenters. The largest absolute Gasteiger partial charge is 0.337 e. The molecule has 0 fully saturated rings. The number of hydrogen-bond acceptors (Lipinski definition) is 2. The van der Waals surface area contributed by atoms with Crippen molar-refractivity contribution in [1.29, 1.82) is 0 Å². The summed E-state index contributed by atoms with van der Waals surface area (Å²) >= 11 is 0. The average Bonchev–Trinajstić information content (AvgIpc) is 2.38. The Morgan fingerprint density at radius 2 is 2.00 bits per heavy atom.